The van der Waals surface area contributed by atoms with E-state index in [0.717, 1.165) is 11.3 Å². The first kappa shape index (κ1) is 13.7. The minimum absolute atomic E-state index is 0.186. The van der Waals surface area contributed by atoms with Crippen LogP contribution in [-0.4, -0.2) is 11.7 Å². The summed E-state index contributed by atoms with van der Waals surface area (Å²) in [6.07, 6.45) is 0.410. The summed E-state index contributed by atoms with van der Waals surface area (Å²) in [7, 11) is 0. The van der Waals surface area contributed by atoms with Gasteiger partial charge in [-0.3, -0.25) is 4.79 Å². The first-order valence-electron chi connectivity index (χ1n) is 6.19. The smallest absolute Gasteiger partial charge is 0.312 e. The Hall–Kier alpha value is -1.74. The van der Waals surface area contributed by atoms with Crippen LogP contribution in [0.3, 0.4) is 0 Å². The second kappa shape index (κ2) is 7.00. The Labute approximate surface area is 117 Å². The van der Waals surface area contributed by atoms with E-state index < -0.39 is 0 Å². The minimum atomic E-state index is -0.186. The third-order valence-electron chi connectivity index (χ3n) is 2.54. The summed E-state index contributed by atoms with van der Waals surface area (Å²) in [5.41, 5.74) is 1.09. The van der Waals surface area contributed by atoms with Gasteiger partial charge in [0.2, 0.25) is 0 Å². The molecular weight excluding hydrogens is 256 g/mol. The Bertz CT molecular complexity index is 537. The van der Waals surface area contributed by atoms with E-state index >= 15 is 0 Å². The van der Waals surface area contributed by atoms with Crippen molar-refractivity contribution in [1.82, 2.24) is 0 Å². The monoisotopic (exact) mass is 272 g/mol. The van der Waals surface area contributed by atoms with E-state index in [4.69, 9.17) is 4.74 Å². The van der Waals surface area contributed by atoms with Gasteiger partial charge in [0.05, 0.1) is 6.42 Å². The second-order valence-electron chi connectivity index (χ2n) is 4.20. The predicted octanol–water partition coefficient (Wildman–Crippen LogP) is 4.08. The van der Waals surface area contributed by atoms with Gasteiger partial charge >= 0.3 is 5.97 Å². The molecule has 2 nitrogen and oxygen atoms in total. The summed E-state index contributed by atoms with van der Waals surface area (Å²) in [5, 5.41) is 0. The number of esters is 1. The van der Waals surface area contributed by atoms with Crippen LogP contribution in [0.25, 0.3) is 0 Å². The molecule has 0 spiro atoms. The Balaban J connectivity index is 1.76. The van der Waals surface area contributed by atoms with Crippen LogP contribution in [0.5, 0.6) is 5.75 Å². The van der Waals surface area contributed by atoms with Crippen molar-refractivity contribution < 1.29 is 9.53 Å². The molecule has 2 aromatic rings. The van der Waals surface area contributed by atoms with E-state index in [1.165, 1.54) is 4.90 Å². The van der Waals surface area contributed by atoms with Crippen molar-refractivity contribution in [2.45, 2.75) is 18.2 Å². The predicted molar refractivity (Wildman–Crippen MR) is 78.6 cm³/mol. The van der Waals surface area contributed by atoms with Crippen LogP contribution in [0.2, 0.25) is 0 Å². The zero-order valence-corrected chi connectivity index (χ0v) is 11.7. The van der Waals surface area contributed by atoms with Crippen LogP contribution in [0.4, 0.5) is 0 Å². The molecule has 0 aliphatic carbocycles. The van der Waals surface area contributed by atoms with Gasteiger partial charge in [-0.2, -0.15) is 0 Å². The topological polar surface area (TPSA) is 26.3 Å². The molecule has 0 saturated carbocycles. The Kier molecular flexibility index (Phi) is 5.04. The molecule has 19 heavy (non-hydrogen) atoms. The lowest BCUT2D eigenvalue weighted by atomic mass is 10.2. The fourth-order valence-corrected chi connectivity index (χ4v) is 2.48. The summed E-state index contributed by atoms with van der Waals surface area (Å²) in [5.74, 6) is 1.16. The van der Waals surface area contributed by atoms with Crippen LogP contribution in [0.15, 0.2) is 59.5 Å². The van der Waals surface area contributed by atoms with Crippen LogP contribution in [0, 0.1) is 6.92 Å². The van der Waals surface area contributed by atoms with E-state index in [1.54, 1.807) is 17.8 Å². The van der Waals surface area contributed by atoms with Crippen molar-refractivity contribution in [3.8, 4) is 5.75 Å². The summed E-state index contributed by atoms with van der Waals surface area (Å²) < 4.78 is 5.28. The first-order chi connectivity index (χ1) is 9.24. The molecule has 2 aromatic carbocycles. The molecule has 0 aliphatic heterocycles. The summed E-state index contributed by atoms with van der Waals surface area (Å²) in [6, 6.07) is 17.6. The minimum Gasteiger partial charge on any atom is -0.426 e. The zero-order chi connectivity index (χ0) is 13.5. The number of carbonyl (C=O) groups is 1. The van der Waals surface area contributed by atoms with Crippen molar-refractivity contribution >= 4 is 17.7 Å². The molecule has 2 rings (SSSR count). The van der Waals surface area contributed by atoms with Crippen molar-refractivity contribution in [3.63, 3.8) is 0 Å². The highest BCUT2D eigenvalue weighted by atomic mass is 32.2. The number of thioether (sulfide) groups is 1. The molecule has 0 amide bonds. The van der Waals surface area contributed by atoms with Crippen molar-refractivity contribution in [3.05, 3.63) is 60.2 Å². The van der Waals surface area contributed by atoms with Gasteiger partial charge < -0.3 is 4.74 Å². The van der Waals surface area contributed by atoms with Crippen LogP contribution in [-0.2, 0) is 4.79 Å². The molecule has 0 atom stereocenters. The Morgan fingerprint density at radius 1 is 1.11 bits per heavy atom. The van der Waals surface area contributed by atoms with Gasteiger partial charge in [-0.15, -0.1) is 11.8 Å². The third-order valence-corrected chi connectivity index (χ3v) is 3.55. The zero-order valence-electron chi connectivity index (χ0n) is 10.8. The SMILES string of the molecule is Cc1cccc(OC(=O)CCSc2ccccc2)c1. The van der Waals surface area contributed by atoms with Gasteiger partial charge in [-0.1, -0.05) is 30.3 Å². The maximum absolute atomic E-state index is 11.7. The largest absolute Gasteiger partial charge is 0.426 e. The van der Waals surface area contributed by atoms with Crippen LogP contribution >= 0.6 is 11.8 Å². The number of hydrogen-bond donors (Lipinski definition) is 0. The number of aryl methyl sites for hydroxylation is 1. The third kappa shape index (κ3) is 4.79. The van der Waals surface area contributed by atoms with Crippen molar-refractivity contribution in [2.24, 2.45) is 0 Å². The van der Waals surface area contributed by atoms with Gasteiger partial charge in [0.1, 0.15) is 5.75 Å². The van der Waals surface area contributed by atoms with E-state index in [2.05, 4.69) is 0 Å². The van der Waals surface area contributed by atoms with Crippen molar-refractivity contribution in [1.29, 1.82) is 0 Å². The van der Waals surface area contributed by atoms with E-state index in [1.807, 2.05) is 55.5 Å². The molecule has 0 N–H and O–H groups in total. The molecule has 0 aliphatic rings. The molecule has 3 heteroatoms. The Morgan fingerprint density at radius 3 is 2.63 bits per heavy atom. The molecule has 0 unspecified atom stereocenters. The summed E-state index contributed by atoms with van der Waals surface area (Å²) >= 11 is 1.66. The maximum atomic E-state index is 11.7. The van der Waals surface area contributed by atoms with Gasteiger partial charge in [0.25, 0.3) is 0 Å². The van der Waals surface area contributed by atoms with Crippen molar-refractivity contribution in [2.75, 3.05) is 5.75 Å². The standard InChI is InChI=1S/C16H16O2S/c1-13-6-5-7-14(12-13)18-16(17)10-11-19-15-8-3-2-4-9-15/h2-9,12H,10-11H2,1H3. The van der Waals surface area contributed by atoms with Gasteiger partial charge in [0.15, 0.2) is 0 Å². The molecule has 0 radical (unpaired) electrons. The van der Waals surface area contributed by atoms with Gasteiger partial charge in [0, 0.05) is 10.6 Å². The highest BCUT2D eigenvalue weighted by molar-refractivity contribution is 7.99. The fourth-order valence-electron chi connectivity index (χ4n) is 1.63. The molecule has 0 saturated heterocycles. The lowest BCUT2D eigenvalue weighted by molar-refractivity contribution is -0.133. The molecule has 0 aromatic heterocycles. The lowest BCUT2D eigenvalue weighted by Crippen LogP contribution is -2.08. The number of carbonyl (C=O) groups excluding carboxylic acids is 1. The average molecular weight is 272 g/mol. The number of hydrogen-bond acceptors (Lipinski definition) is 3. The summed E-state index contributed by atoms with van der Waals surface area (Å²) in [4.78, 5) is 12.9. The fraction of sp³-hybridized carbons (Fsp3) is 0.188. The van der Waals surface area contributed by atoms with E-state index in [0.29, 0.717) is 12.2 Å². The average Bonchev–Trinajstić information content (AvgIpc) is 2.40. The molecular formula is C16H16O2S. The molecule has 98 valence electrons. The molecule has 0 heterocycles. The molecule has 0 bridgehead atoms. The van der Waals surface area contributed by atoms with E-state index in [-0.39, 0.29) is 5.97 Å². The number of benzene rings is 2. The lowest BCUT2D eigenvalue weighted by Gasteiger charge is -2.05. The quantitative estimate of drug-likeness (QED) is 0.466. The Morgan fingerprint density at radius 2 is 1.89 bits per heavy atom. The maximum Gasteiger partial charge on any atom is 0.312 e. The normalized spacial score (nSPS) is 10.2. The van der Waals surface area contributed by atoms with Gasteiger partial charge in [-0.25, -0.2) is 0 Å². The summed E-state index contributed by atoms with van der Waals surface area (Å²) in [6.45, 7) is 1.97. The number of ether oxygens (including phenoxy) is 1. The highest BCUT2D eigenvalue weighted by Gasteiger charge is 2.05. The molecule has 0 fully saturated rings. The number of rotatable bonds is 5. The van der Waals surface area contributed by atoms with Crippen LogP contribution in [0.1, 0.15) is 12.0 Å². The van der Waals surface area contributed by atoms with Crippen LogP contribution < -0.4 is 4.74 Å². The second-order valence-corrected chi connectivity index (χ2v) is 5.37. The van der Waals surface area contributed by atoms with E-state index in [9.17, 15) is 4.79 Å². The van der Waals surface area contributed by atoms with Gasteiger partial charge in [-0.05, 0) is 36.8 Å². The highest BCUT2D eigenvalue weighted by Crippen LogP contribution is 2.18. The first-order valence-corrected chi connectivity index (χ1v) is 7.18.